The highest BCUT2D eigenvalue weighted by molar-refractivity contribution is 5.94. The van der Waals surface area contributed by atoms with Gasteiger partial charge in [0.1, 0.15) is 0 Å². The van der Waals surface area contributed by atoms with Crippen molar-refractivity contribution in [2.45, 2.75) is 40.0 Å². The molecule has 0 radical (unpaired) electrons. The largest absolute Gasteiger partial charge is 0.295 e. The average molecular weight is 218 g/mol. The van der Waals surface area contributed by atoms with E-state index in [9.17, 15) is 9.59 Å². The van der Waals surface area contributed by atoms with Crippen molar-refractivity contribution < 1.29 is 9.59 Å². The third kappa shape index (κ3) is 1.48. The summed E-state index contributed by atoms with van der Waals surface area (Å²) in [7, 11) is 0. The summed E-state index contributed by atoms with van der Waals surface area (Å²) in [6.07, 6.45) is 7.48. The van der Waals surface area contributed by atoms with Gasteiger partial charge >= 0.3 is 0 Å². The Kier molecular flexibility index (Phi) is 2.41. The standard InChI is InChI=1S/C14H18O2/c1-10-8-12(16)9-13(2,3)14(10)6-4-11(15)5-7-14/h4,6,8H,5,7,9H2,1-3H3/t14-/m0/s1. The van der Waals surface area contributed by atoms with Crippen molar-refractivity contribution >= 4 is 11.6 Å². The summed E-state index contributed by atoms with van der Waals surface area (Å²) < 4.78 is 0. The summed E-state index contributed by atoms with van der Waals surface area (Å²) in [5.74, 6) is 0.407. The zero-order valence-corrected chi connectivity index (χ0v) is 10.2. The van der Waals surface area contributed by atoms with Crippen LogP contribution in [0.5, 0.6) is 0 Å². The molecule has 2 aliphatic rings. The Morgan fingerprint density at radius 2 is 1.88 bits per heavy atom. The summed E-state index contributed by atoms with van der Waals surface area (Å²) in [6, 6.07) is 0. The van der Waals surface area contributed by atoms with Crippen molar-refractivity contribution in [2.24, 2.45) is 10.8 Å². The monoisotopic (exact) mass is 218 g/mol. The zero-order chi connectivity index (χ0) is 12.0. The fraction of sp³-hybridized carbons (Fsp3) is 0.571. The van der Waals surface area contributed by atoms with E-state index in [1.165, 1.54) is 0 Å². The Hall–Kier alpha value is -1.18. The molecule has 2 aliphatic carbocycles. The average Bonchev–Trinajstić information content (AvgIpc) is 2.15. The summed E-state index contributed by atoms with van der Waals surface area (Å²) in [5.41, 5.74) is 0.937. The third-order valence-electron chi connectivity index (χ3n) is 4.22. The molecule has 1 spiro atoms. The van der Waals surface area contributed by atoms with Gasteiger partial charge in [-0.25, -0.2) is 0 Å². The van der Waals surface area contributed by atoms with Crippen LogP contribution in [0, 0.1) is 10.8 Å². The van der Waals surface area contributed by atoms with Crippen molar-refractivity contribution in [3.63, 3.8) is 0 Å². The second kappa shape index (κ2) is 3.41. The normalized spacial score (nSPS) is 33.1. The van der Waals surface area contributed by atoms with Crippen molar-refractivity contribution in [3.8, 4) is 0 Å². The van der Waals surface area contributed by atoms with Gasteiger partial charge in [0.2, 0.25) is 0 Å². The van der Waals surface area contributed by atoms with E-state index >= 15 is 0 Å². The van der Waals surface area contributed by atoms with Crippen LogP contribution in [0.3, 0.4) is 0 Å². The Balaban J connectivity index is 2.52. The maximum atomic E-state index is 11.6. The van der Waals surface area contributed by atoms with Crippen LogP contribution in [-0.4, -0.2) is 11.6 Å². The van der Waals surface area contributed by atoms with Crippen LogP contribution in [0.1, 0.15) is 40.0 Å². The number of hydrogen-bond acceptors (Lipinski definition) is 2. The highest BCUT2D eigenvalue weighted by Crippen LogP contribution is 2.55. The number of carbonyl (C=O) groups excluding carboxylic acids is 2. The Morgan fingerprint density at radius 1 is 1.19 bits per heavy atom. The molecule has 0 N–H and O–H groups in total. The van der Waals surface area contributed by atoms with Gasteiger partial charge in [-0.2, -0.15) is 0 Å². The van der Waals surface area contributed by atoms with Crippen LogP contribution in [0.25, 0.3) is 0 Å². The molecule has 86 valence electrons. The van der Waals surface area contributed by atoms with Gasteiger partial charge in [-0.15, -0.1) is 0 Å². The summed E-state index contributed by atoms with van der Waals surface area (Å²) in [5, 5.41) is 0. The van der Waals surface area contributed by atoms with Gasteiger partial charge in [0.15, 0.2) is 11.6 Å². The Morgan fingerprint density at radius 3 is 2.38 bits per heavy atom. The van der Waals surface area contributed by atoms with Crippen LogP contribution in [0.2, 0.25) is 0 Å². The second-order valence-corrected chi connectivity index (χ2v) is 5.63. The first-order chi connectivity index (χ1) is 7.37. The fourth-order valence-corrected chi connectivity index (χ4v) is 3.16. The predicted octanol–water partition coefficient (Wildman–Crippen LogP) is 2.84. The van der Waals surface area contributed by atoms with E-state index in [2.05, 4.69) is 13.8 Å². The summed E-state index contributed by atoms with van der Waals surface area (Å²) in [4.78, 5) is 22.9. The SMILES string of the molecule is CC1=CC(=O)CC(C)(C)[C@]12C=CC(=O)CC2. The van der Waals surface area contributed by atoms with E-state index in [0.29, 0.717) is 12.8 Å². The van der Waals surface area contributed by atoms with Crippen molar-refractivity contribution in [2.75, 3.05) is 0 Å². The molecule has 2 rings (SSSR count). The third-order valence-corrected chi connectivity index (χ3v) is 4.22. The molecule has 0 aromatic carbocycles. The minimum absolute atomic E-state index is 0.0832. The minimum Gasteiger partial charge on any atom is -0.295 e. The summed E-state index contributed by atoms with van der Waals surface area (Å²) >= 11 is 0. The topological polar surface area (TPSA) is 34.1 Å². The van der Waals surface area contributed by atoms with Gasteiger partial charge in [-0.05, 0) is 30.9 Å². The van der Waals surface area contributed by atoms with Crippen molar-refractivity contribution in [1.29, 1.82) is 0 Å². The highest BCUT2D eigenvalue weighted by atomic mass is 16.1. The van der Waals surface area contributed by atoms with Crippen LogP contribution in [0.4, 0.5) is 0 Å². The first kappa shape index (κ1) is 11.3. The lowest BCUT2D eigenvalue weighted by Gasteiger charge is -2.49. The minimum atomic E-state index is -0.0885. The molecule has 2 heteroatoms. The number of carbonyl (C=O) groups is 2. The van der Waals surface area contributed by atoms with E-state index in [1.807, 2.05) is 13.0 Å². The number of allylic oxidation sites excluding steroid dienone is 4. The lowest BCUT2D eigenvalue weighted by molar-refractivity contribution is -0.119. The molecule has 0 bridgehead atoms. The molecule has 0 unspecified atom stereocenters. The molecular formula is C14H18O2. The number of ketones is 2. The predicted molar refractivity (Wildman–Crippen MR) is 63.0 cm³/mol. The smallest absolute Gasteiger partial charge is 0.156 e. The number of rotatable bonds is 0. The van der Waals surface area contributed by atoms with Gasteiger partial charge in [-0.1, -0.05) is 25.5 Å². The van der Waals surface area contributed by atoms with Crippen molar-refractivity contribution in [1.82, 2.24) is 0 Å². The lowest BCUT2D eigenvalue weighted by Crippen LogP contribution is -2.43. The van der Waals surface area contributed by atoms with Crippen LogP contribution >= 0.6 is 0 Å². The molecule has 1 atom stereocenters. The van der Waals surface area contributed by atoms with E-state index in [1.54, 1.807) is 12.2 Å². The Bertz CT molecular complexity index is 412. The highest BCUT2D eigenvalue weighted by Gasteiger charge is 2.48. The molecule has 0 amide bonds. The molecule has 16 heavy (non-hydrogen) atoms. The van der Waals surface area contributed by atoms with E-state index in [0.717, 1.165) is 12.0 Å². The van der Waals surface area contributed by atoms with Crippen LogP contribution in [0.15, 0.2) is 23.8 Å². The second-order valence-electron chi connectivity index (χ2n) is 5.63. The molecule has 0 fully saturated rings. The van der Waals surface area contributed by atoms with Gasteiger partial charge in [0.05, 0.1) is 0 Å². The fourth-order valence-electron chi connectivity index (χ4n) is 3.16. The van der Waals surface area contributed by atoms with Gasteiger partial charge in [0.25, 0.3) is 0 Å². The van der Waals surface area contributed by atoms with Crippen LogP contribution < -0.4 is 0 Å². The first-order valence-corrected chi connectivity index (χ1v) is 5.81. The number of hydrogen-bond donors (Lipinski definition) is 0. The van der Waals surface area contributed by atoms with E-state index < -0.39 is 0 Å². The van der Waals surface area contributed by atoms with Gasteiger partial charge < -0.3 is 0 Å². The zero-order valence-electron chi connectivity index (χ0n) is 10.2. The molecule has 0 saturated carbocycles. The van der Waals surface area contributed by atoms with Crippen LogP contribution in [-0.2, 0) is 9.59 Å². The maximum Gasteiger partial charge on any atom is 0.156 e. The van der Waals surface area contributed by atoms with Crippen molar-refractivity contribution in [3.05, 3.63) is 23.8 Å². The van der Waals surface area contributed by atoms with E-state index in [-0.39, 0.29) is 22.4 Å². The molecule has 0 heterocycles. The Labute approximate surface area is 96.4 Å². The first-order valence-electron chi connectivity index (χ1n) is 5.81. The molecule has 0 aromatic rings. The van der Waals surface area contributed by atoms with Gasteiger partial charge in [0, 0.05) is 18.3 Å². The summed E-state index contributed by atoms with van der Waals surface area (Å²) in [6.45, 7) is 6.27. The molecule has 0 saturated heterocycles. The molecular weight excluding hydrogens is 200 g/mol. The quantitative estimate of drug-likeness (QED) is 0.626. The maximum absolute atomic E-state index is 11.6. The molecule has 0 aliphatic heterocycles. The molecule has 0 aromatic heterocycles. The van der Waals surface area contributed by atoms with E-state index in [4.69, 9.17) is 0 Å². The molecule has 2 nitrogen and oxygen atoms in total. The van der Waals surface area contributed by atoms with Gasteiger partial charge in [-0.3, -0.25) is 9.59 Å². The lowest BCUT2D eigenvalue weighted by atomic mass is 9.54.